The maximum absolute atomic E-state index is 12.7. The Balaban J connectivity index is 1.92. The van der Waals surface area contributed by atoms with Crippen molar-refractivity contribution in [3.05, 3.63) is 45.3 Å². The van der Waals surface area contributed by atoms with Crippen LogP contribution in [0.25, 0.3) is 6.08 Å². The van der Waals surface area contributed by atoms with Gasteiger partial charge in [0.1, 0.15) is 16.6 Å². The molecule has 0 saturated heterocycles. The summed E-state index contributed by atoms with van der Waals surface area (Å²) in [5.41, 5.74) is 1.68. The van der Waals surface area contributed by atoms with Crippen LogP contribution in [-0.2, 0) is 22.4 Å². The molecule has 1 amide bonds. The number of methoxy groups -OCH3 is 2. The van der Waals surface area contributed by atoms with Gasteiger partial charge in [-0.15, -0.1) is 11.3 Å². The Bertz CT molecular complexity index is 1030. The summed E-state index contributed by atoms with van der Waals surface area (Å²) in [5, 5.41) is 22.2. The highest BCUT2D eigenvalue weighted by molar-refractivity contribution is 7.17. The molecule has 0 atom stereocenters. The van der Waals surface area contributed by atoms with Crippen LogP contribution in [-0.4, -0.2) is 31.2 Å². The van der Waals surface area contributed by atoms with Crippen LogP contribution >= 0.6 is 11.3 Å². The Morgan fingerprint density at radius 3 is 2.72 bits per heavy atom. The number of benzene rings is 1. The van der Waals surface area contributed by atoms with E-state index >= 15 is 0 Å². The normalized spacial score (nSPS) is 13.2. The summed E-state index contributed by atoms with van der Waals surface area (Å²) in [7, 11) is 2.72. The Hall–Kier alpha value is -3.31. The monoisotopic (exact) mass is 412 g/mol. The van der Waals surface area contributed by atoms with E-state index in [0.717, 1.165) is 36.1 Å². The molecule has 0 fully saturated rings. The second-order valence-electron chi connectivity index (χ2n) is 6.46. The Morgan fingerprint density at radius 1 is 1.28 bits per heavy atom. The van der Waals surface area contributed by atoms with Crippen molar-refractivity contribution >= 4 is 34.3 Å². The summed E-state index contributed by atoms with van der Waals surface area (Å²) < 4.78 is 9.95. The van der Waals surface area contributed by atoms with Gasteiger partial charge >= 0.3 is 5.97 Å². The number of carbonyl (C=O) groups excluding carboxylic acids is 2. The van der Waals surface area contributed by atoms with Crippen LogP contribution < -0.4 is 10.1 Å². The van der Waals surface area contributed by atoms with Crippen molar-refractivity contribution in [2.45, 2.75) is 25.7 Å². The van der Waals surface area contributed by atoms with Crippen molar-refractivity contribution in [3.8, 4) is 17.6 Å². The van der Waals surface area contributed by atoms with Gasteiger partial charge in [-0.2, -0.15) is 5.26 Å². The Labute approximate surface area is 172 Å². The number of fused-ring (bicyclic) bond motifs is 1. The van der Waals surface area contributed by atoms with E-state index < -0.39 is 11.9 Å². The number of thiophene rings is 1. The highest BCUT2D eigenvalue weighted by atomic mass is 32.1. The second kappa shape index (κ2) is 8.80. The van der Waals surface area contributed by atoms with Crippen LogP contribution in [0.5, 0.6) is 11.5 Å². The molecule has 0 unspecified atom stereocenters. The van der Waals surface area contributed by atoms with E-state index in [2.05, 4.69) is 5.32 Å². The van der Waals surface area contributed by atoms with Gasteiger partial charge in [-0.25, -0.2) is 4.79 Å². The molecule has 1 aliphatic carbocycles. The predicted octanol–water partition coefficient (Wildman–Crippen LogP) is 3.67. The average Bonchev–Trinajstić information content (AvgIpc) is 3.10. The van der Waals surface area contributed by atoms with Gasteiger partial charge in [0, 0.05) is 4.88 Å². The number of aromatic hydroxyl groups is 1. The van der Waals surface area contributed by atoms with E-state index in [1.165, 1.54) is 43.8 Å². The fraction of sp³-hybridized carbons (Fsp3) is 0.286. The van der Waals surface area contributed by atoms with Crippen molar-refractivity contribution in [2.24, 2.45) is 0 Å². The first-order valence-electron chi connectivity index (χ1n) is 9.01. The molecule has 150 valence electrons. The predicted molar refractivity (Wildman–Crippen MR) is 109 cm³/mol. The number of ether oxygens (including phenoxy) is 2. The van der Waals surface area contributed by atoms with Gasteiger partial charge in [0.05, 0.1) is 19.8 Å². The van der Waals surface area contributed by atoms with E-state index in [-0.39, 0.29) is 17.1 Å². The van der Waals surface area contributed by atoms with Gasteiger partial charge in [0.15, 0.2) is 11.5 Å². The maximum Gasteiger partial charge on any atom is 0.341 e. The number of aryl methyl sites for hydroxylation is 1. The molecule has 1 aromatic carbocycles. The summed E-state index contributed by atoms with van der Waals surface area (Å²) in [6.45, 7) is 0. The number of hydrogen-bond acceptors (Lipinski definition) is 7. The summed E-state index contributed by atoms with van der Waals surface area (Å²) in [5.74, 6) is -0.927. The number of nitrogens with zero attached hydrogens (tertiary/aromatic N) is 1. The van der Waals surface area contributed by atoms with Crippen LogP contribution in [0.4, 0.5) is 5.00 Å². The van der Waals surface area contributed by atoms with E-state index in [1.807, 2.05) is 6.07 Å². The molecular formula is C21H20N2O5S. The molecule has 0 spiro atoms. The summed E-state index contributed by atoms with van der Waals surface area (Å²) >= 11 is 1.35. The Kier molecular flexibility index (Phi) is 6.20. The molecule has 2 aromatic rings. The van der Waals surface area contributed by atoms with Crippen LogP contribution in [0, 0.1) is 11.3 Å². The zero-order valence-electron chi connectivity index (χ0n) is 16.1. The topological polar surface area (TPSA) is 109 Å². The lowest BCUT2D eigenvalue weighted by molar-refractivity contribution is -0.112. The largest absolute Gasteiger partial charge is 0.504 e. The van der Waals surface area contributed by atoms with Gasteiger partial charge in [0.2, 0.25) is 0 Å². The standard InChI is InChI=1S/C21H20N2O5S/c1-27-16-10-12(7-8-15(16)24)9-13(11-22)19(25)23-20-18(21(26)28-2)14-5-3-4-6-17(14)29-20/h7-10,24H,3-6H2,1-2H3,(H,23,25)/b13-9-. The fourth-order valence-electron chi connectivity index (χ4n) is 3.24. The van der Waals surface area contributed by atoms with Crippen molar-refractivity contribution in [1.82, 2.24) is 0 Å². The SMILES string of the molecule is COC(=O)c1c(NC(=O)/C(C#N)=C\c2ccc(O)c(OC)c2)sc2c1CCCC2. The molecule has 1 aromatic heterocycles. The quantitative estimate of drug-likeness (QED) is 0.441. The number of esters is 1. The van der Waals surface area contributed by atoms with Crippen LogP contribution in [0.3, 0.4) is 0 Å². The number of hydrogen-bond donors (Lipinski definition) is 2. The van der Waals surface area contributed by atoms with Gasteiger partial charge in [0.25, 0.3) is 5.91 Å². The third-order valence-electron chi connectivity index (χ3n) is 4.67. The average molecular weight is 412 g/mol. The molecule has 7 nitrogen and oxygen atoms in total. The van der Waals surface area contributed by atoms with Gasteiger partial charge < -0.3 is 19.9 Å². The fourth-order valence-corrected chi connectivity index (χ4v) is 4.51. The zero-order valence-corrected chi connectivity index (χ0v) is 16.9. The first-order chi connectivity index (χ1) is 14.0. The maximum atomic E-state index is 12.7. The Morgan fingerprint density at radius 2 is 2.03 bits per heavy atom. The van der Waals surface area contributed by atoms with Gasteiger partial charge in [-0.3, -0.25) is 4.79 Å². The smallest absolute Gasteiger partial charge is 0.341 e. The molecular weight excluding hydrogens is 392 g/mol. The molecule has 0 bridgehead atoms. The molecule has 0 aliphatic heterocycles. The number of phenols is 1. The van der Waals surface area contributed by atoms with E-state index in [0.29, 0.717) is 16.1 Å². The number of amides is 1. The molecule has 1 aliphatic rings. The second-order valence-corrected chi connectivity index (χ2v) is 7.57. The van der Waals surface area contributed by atoms with Crippen molar-refractivity contribution < 1.29 is 24.2 Å². The molecule has 0 radical (unpaired) electrons. The highest BCUT2D eigenvalue weighted by Crippen LogP contribution is 2.38. The number of nitrogens with one attached hydrogen (secondary N) is 1. The minimum atomic E-state index is -0.622. The lowest BCUT2D eigenvalue weighted by Gasteiger charge is -2.11. The van der Waals surface area contributed by atoms with E-state index in [1.54, 1.807) is 6.07 Å². The molecule has 0 saturated carbocycles. The zero-order chi connectivity index (χ0) is 21.0. The van der Waals surface area contributed by atoms with Crippen LogP contribution in [0.15, 0.2) is 23.8 Å². The first-order valence-corrected chi connectivity index (χ1v) is 9.83. The number of phenolic OH excluding ortho intramolecular Hbond substituents is 1. The van der Waals surface area contributed by atoms with Crippen molar-refractivity contribution in [3.63, 3.8) is 0 Å². The van der Waals surface area contributed by atoms with E-state index in [9.17, 15) is 20.0 Å². The first kappa shape index (κ1) is 20.4. The molecule has 29 heavy (non-hydrogen) atoms. The van der Waals surface area contributed by atoms with Crippen molar-refractivity contribution in [1.29, 1.82) is 5.26 Å². The highest BCUT2D eigenvalue weighted by Gasteiger charge is 2.27. The van der Waals surface area contributed by atoms with E-state index in [4.69, 9.17) is 9.47 Å². The minimum Gasteiger partial charge on any atom is -0.504 e. The summed E-state index contributed by atoms with van der Waals surface area (Å²) in [6, 6.07) is 6.38. The van der Waals surface area contributed by atoms with Gasteiger partial charge in [-0.1, -0.05) is 6.07 Å². The third kappa shape index (κ3) is 4.25. The summed E-state index contributed by atoms with van der Waals surface area (Å²) in [4.78, 5) is 26.1. The number of carbonyl (C=O) groups is 2. The van der Waals surface area contributed by atoms with Crippen LogP contribution in [0.1, 0.15) is 39.2 Å². The van der Waals surface area contributed by atoms with Crippen LogP contribution in [0.2, 0.25) is 0 Å². The lowest BCUT2D eigenvalue weighted by atomic mass is 9.95. The number of rotatable bonds is 5. The lowest BCUT2D eigenvalue weighted by Crippen LogP contribution is -2.16. The molecule has 3 rings (SSSR count). The minimum absolute atomic E-state index is 0.0421. The molecule has 8 heteroatoms. The summed E-state index contributed by atoms with van der Waals surface area (Å²) in [6.07, 6.45) is 5.03. The molecule has 1 heterocycles. The third-order valence-corrected chi connectivity index (χ3v) is 5.87. The van der Waals surface area contributed by atoms with Gasteiger partial charge in [-0.05, 0) is 55.0 Å². The van der Waals surface area contributed by atoms with Crippen molar-refractivity contribution in [2.75, 3.05) is 19.5 Å². The molecule has 2 N–H and O–H groups in total. The number of anilines is 1. The number of nitriles is 1.